The van der Waals surface area contributed by atoms with Crippen molar-refractivity contribution in [3.8, 4) is 0 Å². The van der Waals surface area contributed by atoms with E-state index in [0.29, 0.717) is 6.42 Å². The minimum absolute atomic E-state index is 0.00507. The lowest BCUT2D eigenvalue weighted by Crippen LogP contribution is -2.40. The van der Waals surface area contributed by atoms with Crippen LogP contribution in [0, 0.1) is 6.92 Å². The van der Waals surface area contributed by atoms with Gasteiger partial charge in [0, 0.05) is 24.6 Å². The SMILES string of the molecule is Cc1cc2cncn2c([C@H]2CCCCN2C(=O)Cc2cccnc2)n1. The maximum absolute atomic E-state index is 13.0. The monoisotopic (exact) mass is 335 g/mol. The van der Waals surface area contributed by atoms with Crippen molar-refractivity contribution in [3.05, 3.63) is 60.2 Å². The molecule has 1 amide bonds. The molecule has 4 rings (SSSR count). The summed E-state index contributed by atoms with van der Waals surface area (Å²) < 4.78 is 2.01. The quantitative estimate of drug-likeness (QED) is 0.738. The van der Waals surface area contributed by atoms with Gasteiger partial charge >= 0.3 is 0 Å². The Kier molecular flexibility index (Phi) is 4.17. The van der Waals surface area contributed by atoms with E-state index >= 15 is 0 Å². The summed E-state index contributed by atoms with van der Waals surface area (Å²) in [5.41, 5.74) is 2.92. The van der Waals surface area contributed by atoms with E-state index in [1.807, 2.05) is 40.6 Å². The number of hydrogen-bond donors (Lipinski definition) is 0. The summed E-state index contributed by atoms with van der Waals surface area (Å²) in [4.78, 5) is 28.1. The Morgan fingerprint density at radius 3 is 3.04 bits per heavy atom. The number of amides is 1. The molecule has 0 spiro atoms. The van der Waals surface area contributed by atoms with E-state index in [0.717, 1.165) is 48.4 Å². The Morgan fingerprint density at radius 2 is 2.20 bits per heavy atom. The van der Waals surface area contributed by atoms with Crippen LogP contribution in [0.15, 0.2) is 43.1 Å². The zero-order chi connectivity index (χ0) is 17.2. The van der Waals surface area contributed by atoms with Gasteiger partial charge < -0.3 is 4.90 Å². The Bertz CT molecular complexity index is 889. The van der Waals surface area contributed by atoms with Gasteiger partial charge in [-0.2, -0.15) is 0 Å². The van der Waals surface area contributed by atoms with Crippen LogP contribution in [0.3, 0.4) is 0 Å². The van der Waals surface area contributed by atoms with Crippen molar-refractivity contribution in [1.29, 1.82) is 0 Å². The van der Waals surface area contributed by atoms with Crippen LogP contribution in [0.4, 0.5) is 0 Å². The van der Waals surface area contributed by atoms with Gasteiger partial charge in [-0.15, -0.1) is 0 Å². The minimum atomic E-state index is -0.00507. The highest BCUT2D eigenvalue weighted by Gasteiger charge is 2.30. The molecule has 0 aliphatic carbocycles. The third-order valence-electron chi connectivity index (χ3n) is 4.76. The van der Waals surface area contributed by atoms with Gasteiger partial charge in [-0.05, 0) is 43.9 Å². The smallest absolute Gasteiger partial charge is 0.227 e. The molecule has 25 heavy (non-hydrogen) atoms. The van der Waals surface area contributed by atoms with Crippen molar-refractivity contribution in [2.45, 2.75) is 38.6 Å². The predicted molar refractivity (Wildman–Crippen MR) is 94.0 cm³/mol. The van der Waals surface area contributed by atoms with E-state index < -0.39 is 0 Å². The molecule has 1 saturated heterocycles. The molecule has 6 nitrogen and oxygen atoms in total. The fraction of sp³-hybridized carbons (Fsp3) is 0.368. The minimum Gasteiger partial charge on any atom is -0.332 e. The molecule has 0 N–H and O–H groups in total. The second kappa shape index (κ2) is 6.63. The number of fused-ring (bicyclic) bond motifs is 1. The number of hydrogen-bond acceptors (Lipinski definition) is 4. The number of likely N-dealkylation sites (tertiary alicyclic amines) is 1. The number of piperidine rings is 1. The maximum atomic E-state index is 13.0. The van der Waals surface area contributed by atoms with Gasteiger partial charge in [0.15, 0.2) is 0 Å². The number of pyridine rings is 1. The number of carbonyl (C=O) groups is 1. The molecule has 1 aliphatic heterocycles. The summed E-state index contributed by atoms with van der Waals surface area (Å²) >= 11 is 0. The van der Waals surface area contributed by atoms with Crippen LogP contribution in [0.1, 0.15) is 42.4 Å². The molecular weight excluding hydrogens is 314 g/mol. The highest BCUT2D eigenvalue weighted by Crippen LogP contribution is 2.31. The van der Waals surface area contributed by atoms with E-state index in [4.69, 9.17) is 4.98 Å². The standard InChI is InChI=1S/C19H21N5O/c1-14-9-16-12-21-13-24(16)19(22-14)17-6-2-3-8-23(17)18(25)10-15-5-4-7-20-11-15/h4-5,7,9,11-13,17H,2-3,6,8,10H2,1H3/t17-/m1/s1. The molecule has 0 bridgehead atoms. The topological polar surface area (TPSA) is 63.4 Å². The molecule has 0 aromatic carbocycles. The lowest BCUT2D eigenvalue weighted by Gasteiger charge is -2.35. The zero-order valence-corrected chi connectivity index (χ0v) is 14.3. The highest BCUT2D eigenvalue weighted by atomic mass is 16.2. The first kappa shape index (κ1) is 15.7. The maximum Gasteiger partial charge on any atom is 0.227 e. The molecule has 0 saturated carbocycles. The van der Waals surface area contributed by atoms with Crippen molar-refractivity contribution in [1.82, 2.24) is 24.3 Å². The van der Waals surface area contributed by atoms with Gasteiger partial charge in [0.1, 0.15) is 12.2 Å². The molecule has 6 heteroatoms. The third kappa shape index (κ3) is 3.12. The van der Waals surface area contributed by atoms with Gasteiger partial charge in [0.05, 0.1) is 24.2 Å². The van der Waals surface area contributed by atoms with Crippen molar-refractivity contribution in [2.24, 2.45) is 0 Å². The summed E-state index contributed by atoms with van der Waals surface area (Å²) in [7, 11) is 0. The van der Waals surface area contributed by atoms with Crippen LogP contribution < -0.4 is 0 Å². The largest absolute Gasteiger partial charge is 0.332 e. The second-order valence-corrected chi connectivity index (χ2v) is 6.58. The molecule has 1 atom stereocenters. The van der Waals surface area contributed by atoms with E-state index in [2.05, 4.69) is 9.97 Å². The molecular formula is C19H21N5O. The highest BCUT2D eigenvalue weighted by molar-refractivity contribution is 5.79. The van der Waals surface area contributed by atoms with Crippen LogP contribution in [0.25, 0.3) is 5.52 Å². The normalized spacial score (nSPS) is 17.8. The Morgan fingerprint density at radius 1 is 1.28 bits per heavy atom. The van der Waals surface area contributed by atoms with Crippen LogP contribution >= 0.6 is 0 Å². The zero-order valence-electron chi connectivity index (χ0n) is 14.3. The van der Waals surface area contributed by atoms with Gasteiger partial charge in [-0.25, -0.2) is 9.97 Å². The number of carbonyl (C=O) groups excluding carboxylic acids is 1. The summed E-state index contributed by atoms with van der Waals surface area (Å²) in [5, 5.41) is 0. The Hall–Kier alpha value is -2.76. The average molecular weight is 335 g/mol. The second-order valence-electron chi connectivity index (χ2n) is 6.58. The number of imidazole rings is 1. The van der Waals surface area contributed by atoms with Crippen molar-refractivity contribution < 1.29 is 4.79 Å². The lowest BCUT2D eigenvalue weighted by atomic mass is 10.00. The molecule has 128 valence electrons. The first-order valence-corrected chi connectivity index (χ1v) is 8.70. The van der Waals surface area contributed by atoms with E-state index in [1.54, 1.807) is 18.7 Å². The van der Waals surface area contributed by atoms with Crippen molar-refractivity contribution in [3.63, 3.8) is 0 Å². The van der Waals surface area contributed by atoms with Crippen molar-refractivity contribution in [2.75, 3.05) is 6.54 Å². The van der Waals surface area contributed by atoms with Gasteiger partial charge in [-0.1, -0.05) is 6.07 Å². The molecule has 4 heterocycles. The third-order valence-corrected chi connectivity index (χ3v) is 4.76. The average Bonchev–Trinajstić information content (AvgIpc) is 3.10. The fourth-order valence-corrected chi connectivity index (χ4v) is 3.60. The molecule has 1 fully saturated rings. The number of rotatable bonds is 3. The number of aromatic nitrogens is 4. The first-order chi connectivity index (χ1) is 12.2. The summed E-state index contributed by atoms with van der Waals surface area (Å²) in [6.45, 7) is 2.76. The van der Waals surface area contributed by atoms with Crippen LogP contribution in [0.5, 0.6) is 0 Å². The Balaban J connectivity index is 1.66. The van der Waals surface area contributed by atoms with E-state index in [9.17, 15) is 4.79 Å². The lowest BCUT2D eigenvalue weighted by molar-refractivity contribution is -0.134. The fourth-order valence-electron chi connectivity index (χ4n) is 3.60. The van der Waals surface area contributed by atoms with E-state index in [-0.39, 0.29) is 11.9 Å². The molecule has 0 unspecified atom stereocenters. The Labute approximate surface area is 146 Å². The number of nitrogens with zero attached hydrogens (tertiary/aromatic N) is 5. The van der Waals surface area contributed by atoms with Crippen molar-refractivity contribution >= 4 is 11.4 Å². The van der Waals surface area contributed by atoms with Crippen LogP contribution in [-0.4, -0.2) is 36.7 Å². The number of aryl methyl sites for hydroxylation is 1. The molecule has 0 radical (unpaired) electrons. The predicted octanol–water partition coefficient (Wildman–Crippen LogP) is 2.73. The van der Waals surface area contributed by atoms with Gasteiger partial charge in [-0.3, -0.25) is 14.2 Å². The van der Waals surface area contributed by atoms with Gasteiger partial charge in [0.2, 0.25) is 5.91 Å². The van der Waals surface area contributed by atoms with Crippen LogP contribution in [0.2, 0.25) is 0 Å². The molecule has 1 aliphatic rings. The molecule has 3 aromatic heterocycles. The summed E-state index contributed by atoms with van der Waals surface area (Å²) in [5.74, 6) is 1.04. The van der Waals surface area contributed by atoms with E-state index in [1.165, 1.54) is 0 Å². The van der Waals surface area contributed by atoms with Gasteiger partial charge in [0.25, 0.3) is 0 Å². The first-order valence-electron chi connectivity index (χ1n) is 8.70. The summed E-state index contributed by atoms with van der Waals surface area (Å²) in [6.07, 6.45) is 10.6. The van der Waals surface area contributed by atoms with Crippen LogP contribution in [-0.2, 0) is 11.2 Å². The summed E-state index contributed by atoms with van der Waals surface area (Å²) in [6, 6.07) is 5.83. The molecule has 3 aromatic rings.